The number of carbonyl (C=O) groups excluding carboxylic acids is 8. The lowest BCUT2D eigenvalue weighted by atomic mass is 9.85. The number of nitrogens with two attached hydrogens (primary N) is 1. The molecule has 0 bridgehead atoms. The van der Waals surface area contributed by atoms with Gasteiger partial charge in [0.2, 0.25) is 47.3 Å². The first-order valence-electron chi connectivity index (χ1n) is 28.5. The van der Waals surface area contributed by atoms with Crippen molar-refractivity contribution in [1.82, 2.24) is 47.0 Å². The molecule has 2 aliphatic heterocycles. The number of likely N-dealkylation sites (tertiary alicyclic amines) is 2. The zero-order valence-corrected chi connectivity index (χ0v) is 47.4. The highest BCUT2D eigenvalue weighted by atomic mass is 16.2. The molecule has 0 spiro atoms. The van der Waals surface area contributed by atoms with Crippen LogP contribution in [0.4, 0.5) is 0 Å². The minimum absolute atomic E-state index is 0.120. The van der Waals surface area contributed by atoms with E-state index < -0.39 is 71.0 Å². The normalized spacial score (nSPS) is 22.8. The fourth-order valence-corrected chi connectivity index (χ4v) is 11.4. The van der Waals surface area contributed by atoms with Crippen LogP contribution in [-0.4, -0.2) is 126 Å². The first-order valence-corrected chi connectivity index (χ1v) is 28.5. The van der Waals surface area contributed by atoms with Gasteiger partial charge in [0.1, 0.15) is 24.2 Å². The summed E-state index contributed by atoms with van der Waals surface area (Å²) < 4.78 is 0. The number of fused-ring (bicyclic) bond motifs is 2. The summed E-state index contributed by atoms with van der Waals surface area (Å²) in [6.45, 7) is 14.7. The number of benzene rings is 2. The maximum Gasteiger partial charge on any atom is 0.246 e. The summed E-state index contributed by atoms with van der Waals surface area (Å²) in [5.41, 5.74) is 9.07. The van der Waals surface area contributed by atoms with Gasteiger partial charge in [0.25, 0.3) is 0 Å². The SMILES string of the molecule is CN[C@@H](C)C(=O)N[C@H](C(=O)N1C[C@@H](NC(=O)CCCCCCCCC(=O)N[C@H]2C[C@@H](C(=O)N[C@@H]3CCCc4ccccc43)N(C(=O)[C@@H](NC(=O)C(C)N)C(C)(C)C)C2)C[C@H]1C(=O)N[C@@H]1CCCc2ccccc21)C(C)(C)C. The highest BCUT2D eigenvalue weighted by Crippen LogP contribution is 2.34. The van der Waals surface area contributed by atoms with Crippen LogP contribution < -0.4 is 43.0 Å². The lowest BCUT2D eigenvalue weighted by molar-refractivity contribution is -0.144. The molecule has 6 rings (SSSR count). The van der Waals surface area contributed by atoms with E-state index in [0.717, 1.165) is 75.3 Å². The van der Waals surface area contributed by atoms with Crippen molar-refractivity contribution in [2.24, 2.45) is 16.6 Å². The van der Waals surface area contributed by atoms with Crippen LogP contribution in [-0.2, 0) is 51.2 Å². The average Bonchev–Trinajstić information content (AvgIpc) is 4.03. The third kappa shape index (κ3) is 16.3. The molecule has 9 N–H and O–H groups in total. The zero-order valence-electron chi connectivity index (χ0n) is 47.4. The van der Waals surface area contributed by atoms with E-state index in [-0.39, 0.29) is 86.3 Å². The summed E-state index contributed by atoms with van der Waals surface area (Å²) in [5, 5.41) is 21.4. The number of carbonyl (C=O) groups is 8. The summed E-state index contributed by atoms with van der Waals surface area (Å²) in [7, 11) is 1.67. The Labute approximate surface area is 457 Å². The highest BCUT2D eigenvalue weighted by Gasteiger charge is 2.48. The fraction of sp³-hybridized carbons (Fsp3) is 0.661. The Morgan fingerprint density at radius 2 is 0.961 bits per heavy atom. The van der Waals surface area contributed by atoms with Crippen molar-refractivity contribution < 1.29 is 38.4 Å². The maximum absolute atomic E-state index is 14.5. The van der Waals surface area contributed by atoms with Crippen LogP contribution in [0.3, 0.4) is 0 Å². The van der Waals surface area contributed by atoms with Crippen molar-refractivity contribution in [2.45, 2.75) is 219 Å². The Morgan fingerprint density at radius 1 is 0.571 bits per heavy atom. The summed E-state index contributed by atoms with van der Waals surface area (Å²) in [4.78, 5) is 113. The first kappa shape index (κ1) is 60.4. The maximum atomic E-state index is 14.5. The second-order valence-electron chi connectivity index (χ2n) is 24.4. The van der Waals surface area contributed by atoms with Gasteiger partial charge < -0.3 is 52.8 Å². The van der Waals surface area contributed by atoms with Crippen molar-refractivity contribution in [3.05, 3.63) is 70.8 Å². The van der Waals surface area contributed by atoms with E-state index >= 15 is 0 Å². The zero-order chi connectivity index (χ0) is 56.2. The van der Waals surface area contributed by atoms with Gasteiger partial charge in [0.15, 0.2) is 0 Å². The second kappa shape index (κ2) is 27.1. The molecule has 2 aromatic rings. The molecule has 0 saturated carbocycles. The topological polar surface area (TPSA) is 253 Å². The Morgan fingerprint density at radius 3 is 1.35 bits per heavy atom. The molecule has 18 nitrogen and oxygen atoms in total. The van der Waals surface area contributed by atoms with Crippen molar-refractivity contribution in [2.75, 3.05) is 20.1 Å². The third-order valence-electron chi connectivity index (χ3n) is 16.0. The second-order valence-corrected chi connectivity index (χ2v) is 24.4. The first-order chi connectivity index (χ1) is 36.5. The number of amides is 8. The van der Waals surface area contributed by atoms with Gasteiger partial charge in [-0.05, 0) is 118 Å². The highest BCUT2D eigenvalue weighted by molar-refractivity contribution is 5.95. The predicted molar refractivity (Wildman–Crippen MR) is 297 cm³/mol. The molecule has 424 valence electrons. The molecule has 4 aliphatic rings. The molecule has 2 aliphatic carbocycles. The molecular weight excluding hydrogens is 977 g/mol. The fourth-order valence-electron chi connectivity index (χ4n) is 11.4. The van der Waals surface area contributed by atoms with Gasteiger partial charge in [-0.15, -0.1) is 0 Å². The minimum Gasteiger partial charge on any atom is -0.351 e. The molecule has 2 saturated heterocycles. The van der Waals surface area contributed by atoms with E-state index in [1.807, 2.05) is 77.9 Å². The number of nitrogens with zero attached hydrogens (tertiary/aromatic N) is 2. The minimum atomic E-state index is -0.953. The molecule has 18 heteroatoms. The number of hydrogen-bond donors (Lipinski definition) is 8. The smallest absolute Gasteiger partial charge is 0.246 e. The molecule has 10 atom stereocenters. The Kier molecular flexibility index (Phi) is 21.3. The third-order valence-corrected chi connectivity index (χ3v) is 16.0. The summed E-state index contributed by atoms with van der Waals surface area (Å²) in [6.07, 6.45) is 11.0. The van der Waals surface area contributed by atoms with Gasteiger partial charge in [-0.2, -0.15) is 0 Å². The van der Waals surface area contributed by atoms with Gasteiger partial charge in [0, 0.05) is 38.0 Å². The molecular formula is C59H90N10O8. The quantitative estimate of drug-likeness (QED) is 0.0756. The number of unbranched alkanes of at least 4 members (excludes halogenated alkanes) is 5. The van der Waals surface area contributed by atoms with E-state index in [0.29, 0.717) is 12.8 Å². The number of rotatable bonds is 22. The number of likely N-dealkylation sites (N-methyl/N-ethyl adjacent to an activating group) is 1. The van der Waals surface area contributed by atoms with E-state index in [9.17, 15) is 38.4 Å². The van der Waals surface area contributed by atoms with Gasteiger partial charge in [-0.1, -0.05) is 116 Å². The standard InChI is InChI=1S/C59H90N10O8/c1-36(60)52(72)66-50(58(3,4)5)56(76)68-34-40(32-46(68)54(74)64-44-28-20-24-38-22-16-18-26-42(38)44)62-48(70)30-14-12-10-11-13-15-31-49(71)63-41-33-47(55(75)65-45-29-21-25-39-23-17-19-27-43(39)45)69(35-41)57(77)51(59(6,7)8)67-53(73)37(2)61-9/h16-19,22-23,26-27,36-37,40-41,44-47,50-51,61H,10-15,20-21,24-25,28-35,60H2,1-9H3,(H,62,70)(H,63,71)(H,64,74)(H,65,75)(H,66,72)(H,67,73)/t36?,37-,40-,41-,44+,45+,46-,47-,50+,51+/m0/s1. The molecule has 77 heavy (non-hydrogen) atoms. The van der Waals surface area contributed by atoms with Crippen LogP contribution in [0.1, 0.15) is 180 Å². The molecule has 0 radical (unpaired) electrons. The molecule has 1 unspecified atom stereocenters. The Balaban J connectivity index is 0.975. The van der Waals surface area contributed by atoms with Crippen molar-refractivity contribution in [3.63, 3.8) is 0 Å². The van der Waals surface area contributed by atoms with Crippen LogP contribution in [0.2, 0.25) is 0 Å². The number of nitrogens with one attached hydrogen (secondary N) is 7. The van der Waals surface area contributed by atoms with Crippen LogP contribution in [0, 0.1) is 10.8 Å². The lowest BCUT2D eigenvalue weighted by Gasteiger charge is -2.36. The van der Waals surface area contributed by atoms with E-state index in [4.69, 9.17) is 5.73 Å². The van der Waals surface area contributed by atoms with Crippen LogP contribution in [0.15, 0.2) is 48.5 Å². The van der Waals surface area contributed by atoms with Gasteiger partial charge in [0.05, 0.1) is 24.2 Å². The summed E-state index contributed by atoms with van der Waals surface area (Å²) >= 11 is 0. The number of hydrogen-bond acceptors (Lipinski definition) is 10. The van der Waals surface area contributed by atoms with Crippen LogP contribution in [0.5, 0.6) is 0 Å². The summed E-state index contributed by atoms with van der Waals surface area (Å²) in [6, 6.07) is 9.93. The van der Waals surface area contributed by atoms with E-state index in [1.54, 1.807) is 25.8 Å². The van der Waals surface area contributed by atoms with Gasteiger partial charge in [-0.25, -0.2) is 0 Å². The average molecular weight is 1070 g/mol. The molecule has 2 heterocycles. The van der Waals surface area contributed by atoms with Crippen molar-refractivity contribution in [1.29, 1.82) is 0 Å². The van der Waals surface area contributed by atoms with Crippen LogP contribution in [0.25, 0.3) is 0 Å². The van der Waals surface area contributed by atoms with E-state index in [2.05, 4.69) is 49.4 Å². The van der Waals surface area contributed by atoms with Crippen molar-refractivity contribution >= 4 is 47.3 Å². The van der Waals surface area contributed by atoms with Crippen LogP contribution >= 0.6 is 0 Å². The Bertz CT molecular complexity index is 2420. The monoisotopic (exact) mass is 1070 g/mol. The van der Waals surface area contributed by atoms with E-state index in [1.165, 1.54) is 16.0 Å². The summed E-state index contributed by atoms with van der Waals surface area (Å²) in [5.74, 6) is -2.44. The van der Waals surface area contributed by atoms with Gasteiger partial charge >= 0.3 is 0 Å². The van der Waals surface area contributed by atoms with Gasteiger partial charge in [-0.3, -0.25) is 38.4 Å². The Hall–Kier alpha value is -5.88. The molecule has 2 fully saturated rings. The largest absolute Gasteiger partial charge is 0.351 e. The lowest BCUT2D eigenvalue weighted by Crippen LogP contribution is -2.59. The predicted octanol–water partition coefficient (Wildman–Crippen LogP) is 4.68. The molecule has 8 amide bonds. The molecule has 0 aromatic heterocycles. The molecule has 2 aromatic carbocycles. The van der Waals surface area contributed by atoms with Crippen molar-refractivity contribution in [3.8, 4) is 0 Å². The number of aryl methyl sites for hydroxylation is 2.